The van der Waals surface area contributed by atoms with Crippen LogP contribution in [0, 0.1) is 0 Å². The molecule has 12 nitrogen and oxygen atoms in total. The second kappa shape index (κ2) is 15.1. The van der Waals surface area contributed by atoms with Gasteiger partial charge in [-0.2, -0.15) is 16.8 Å². The van der Waals surface area contributed by atoms with Crippen molar-refractivity contribution >= 4 is 75.9 Å². The highest BCUT2D eigenvalue weighted by atomic mass is 32.2. The van der Waals surface area contributed by atoms with Crippen LogP contribution in [0.25, 0.3) is 32.7 Å². The number of nitrogens with two attached hydrogens (primary N) is 2. The third kappa shape index (κ3) is 7.33. The molecule has 6 aromatic carbocycles. The first-order chi connectivity index (χ1) is 25.7. The van der Waals surface area contributed by atoms with Gasteiger partial charge in [0.15, 0.2) is 0 Å². The van der Waals surface area contributed by atoms with Gasteiger partial charge in [0.1, 0.15) is 21.2 Å². The molecule has 0 unspecified atom stereocenters. The van der Waals surface area contributed by atoms with E-state index in [4.69, 9.17) is 11.5 Å². The Labute approximate surface area is 314 Å². The molecule has 0 bridgehead atoms. The average Bonchev–Trinajstić information content (AvgIpc) is 3.14. The zero-order valence-electron chi connectivity index (χ0n) is 30.2. The van der Waals surface area contributed by atoms with Crippen LogP contribution in [0.2, 0.25) is 0 Å². The van der Waals surface area contributed by atoms with Crippen LogP contribution in [-0.2, 0) is 45.9 Å². The highest BCUT2D eigenvalue weighted by Crippen LogP contribution is 2.42. The molecule has 0 amide bonds. The van der Waals surface area contributed by atoms with Crippen LogP contribution < -0.4 is 11.5 Å². The summed E-state index contributed by atoms with van der Waals surface area (Å²) in [5.41, 5.74) is 19.3. The van der Waals surface area contributed by atoms with Crippen LogP contribution in [0.15, 0.2) is 115 Å². The molecule has 0 saturated carbocycles. The number of nitrogen functional groups attached to an aromatic ring is 2. The van der Waals surface area contributed by atoms with E-state index in [1.807, 2.05) is 27.7 Å². The minimum Gasteiger partial charge on any atom is -0.396 e. The molecule has 278 valence electrons. The van der Waals surface area contributed by atoms with Crippen molar-refractivity contribution in [3.63, 3.8) is 0 Å². The lowest BCUT2D eigenvalue weighted by atomic mass is 9.92. The Kier molecular flexibility index (Phi) is 10.7. The Morgan fingerprint density at radius 1 is 0.500 bits per heavy atom. The Bertz CT molecular complexity index is 2510. The van der Waals surface area contributed by atoms with Gasteiger partial charge in [0.25, 0.3) is 20.2 Å². The number of hydrogen-bond donors (Lipinski definition) is 4. The van der Waals surface area contributed by atoms with Gasteiger partial charge < -0.3 is 11.5 Å². The van der Waals surface area contributed by atoms with Crippen LogP contribution in [0.4, 0.5) is 34.1 Å². The van der Waals surface area contributed by atoms with E-state index in [1.165, 1.54) is 0 Å². The van der Waals surface area contributed by atoms with Crippen LogP contribution in [0.5, 0.6) is 0 Å². The highest BCUT2D eigenvalue weighted by molar-refractivity contribution is 7.86. The number of benzene rings is 6. The molecule has 54 heavy (non-hydrogen) atoms. The quantitative estimate of drug-likeness (QED) is 0.0565. The zero-order chi connectivity index (χ0) is 38.9. The average molecular weight is 765 g/mol. The van der Waals surface area contributed by atoms with Gasteiger partial charge in [-0.25, -0.2) is 0 Å². The minimum absolute atomic E-state index is 0.124. The third-order valence-corrected chi connectivity index (χ3v) is 11.4. The molecule has 0 spiro atoms. The van der Waals surface area contributed by atoms with Gasteiger partial charge in [-0.15, -0.1) is 20.5 Å². The summed E-state index contributed by atoms with van der Waals surface area (Å²) in [5, 5.41) is 19.7. The Hall–Kier alpha value is -5.54. The van der Waals surface area contributed by atoms with Gasteiger partial charge in [0, 0.05) is 10.8 Å². The van der Waals surface area contributed by atoms with Crippen molar-refractivity contribution in [3.05, 3.63) is 107 Å². The molecule has 14 heteroatoms. The monoisotopic (exact) mass is 764 g/mol. The number of azo groups is 2. The van der Waals surface area contributed by atoms with Crippen molar-refractivity contribution in [1.29, 1.82) is 0 Å². The fourth-order valence-electron chi connectivity index (χ4n) is 6.75. The summed E-state index contributed by atoms with van der Waals surface area (Å²) < 4.78 is 69.4. The number of nitrogens with zero attached hydrogens (tertiary/aromatic N) is 4. The van der Waals surface area contributed by atoms with E-state index in [2.05, 4.69) is 44.7 Å². The summed E-state index contributed by atoms with van der Waals surface area (Å²) in [7, 11) is -9.31. The first-order valence-electron chi connectivity index (χ1n) is 17.4. The summed E-state index contributed by atoms with van der Waals surface area (Å²) in [4.78, 5) is -0.803. The summed E-state index contributed by atoms with van der Waals surface area (Å²) in [6.07, 6.45) is 2.52. The van der Waals surface area contributed by atoms with Gasteiger partial charge in [0.05, 0.1) is 22.7 Å². The fraction of sp³-hybridized carbons (Fsp3) is 0.200. The van der Waals surface area contributed by atoms with Crippen molar-refractivity contribution in [2.24, 2.45) is 20.5 Å². The fourth-order valence-corrected chi connectivity index (χ4v) is 8.44. The second-order valence-corrected chi connectivity index (χ2v) is 15.5. The van der Waals surface area contributed by atoms with Gasteiger partial charge in [0.2, 0.25) is 0 Å². The molecule has 6 aromatic rings. The van der Waals surface area contributed by atoms with Crippen molar-refractivity contribution < 1.29 is 25.9 Å². The van der Waals surface area contributed by atoms with Crippen LogP contribution in [0.1, 0.15) is 49.9 Å². The molecule has 0 fully saturated rings. The predicted molar refractivity (Wildman–Crippen MR) is 214 cm³/mol. The zero-order valence-corrected chi connectivity index (χ0v) is 31.8. The second-order valence-electron chi connectivity index (χ2n) is 12.8. The normalized spacial score (nSPS) is 12.5. The van der Waals surface area contributed by atoms with Crippen molar-refractivity contribution in [2.45, 2.75) is 63.2 Å². The summed E-state index contributed by atoms with van der Waals surface area (Å²) in [6, 6.07) is 24.9. The molecule has 0 aliphatic rings. The molecular weight excluding hydrogens is 725 g/mol. The topological polar surface area (TPSA) is 210 Å². The van der Waals surface area contributed by atoms with E-state index < -0.39 is 30.0 Å². The van der Waals surface area contributed by atoms with E-state index in [9.17, 15) is 25.9 Å². The maximum Gasteiger partial charge on any atom is 0.297 e. The highest BCUT2D eigenvalue weighted by Gasteiger charge is 2.23. The number of hydrogen-bond acceptors (Lipinski definition) is 10. The number of rotatable bonds is 11. The Balaban J connectivity index is 1.42. The molecule has 0 aromatic heterocycles. The third-order valence-electron chi connectivity index (χ3n) is 9.46. The molecule has 6 N–H and O–H groups in total. The van der Waals surface area contributed by atoms with Crippen molar-refractivity contribution in [1.82, 2.24) is 0 Å². The van der Waals surface area contributed by atoms with Gasteiger partial charge in [-0.3, -0.25) is 9.11 Å². The van der Waals surface area contributed by atoms with Gasteiger partial charge in [-0.05, 0) is 106 Å². The largest absolute Gasteiger partial charge is 0.396 e. The smallest absolute Gasteiger partial charge is 0.297 e. The van der Waals surface area contributed by atoms with E-state index >= 15 is 0 Å². The molecule has 0 aliphatic heterocycles. The Morgan fingerprint density at radius 2 is 0.815 bits per heavy atom. The molecule has 0 heterocycles. The van der Waals surface area contributed by atoms with E-state index in [0.717, 1.165) is 33.4 Å². The molecule has 0 saturated heterocycles. The first kappa shape index (κ1) is 38.2. The van der Waals surface area contributed by atoms with E-state index in [1.54, 1.807) is 60.7 Å². The molecule has 0 atom stereocenters. The van der Waals surface area contributed by atoms with E-state index in [-0.39, 0.29) is 22.7 Å². The lowest BCUT2D eigenvalue weighted by Gasteiger charge is -2.16. The predicted octanol–water partition coefficient (Wildman–Crippen LogP) is 10.4. The van der Waals surface area contributed by atoms with Gasteiger partial charge >= 0.3 is 0 Å². The minimum atomic E-state index is -4.65. The number of fused-ring (bicyclic) bond motifs is 2. The first-order valence-corrected chi connectivity index (χ1v) is 20.3. The van der Waals surface area contributed by atoms with Gasteiger partial charge in [-0.1, -0.05) is 76.2 Å². The summed E-state index contributed by atoms with van der Waals surface area (Å²) in [6.45, 7) is 8.07. The van der Waals surface area contributed by atoms with Crippen LogP contribution >= 0.6 is 0 Å². The maximum absolute atomic E-state index is 12.3. The SMILES string of the molecule is CCc1cc(-c2cc(CC)c(N=Nc3cc4ccccc4c(S(=O)(=O)O)c3N)c(CC)c2)cc(CC)c1N=Nc1cc2ccccc2c(S(=O)(=O)O)c1N. The van der Waals surface area contributed by atoms with Crippen LogP contribution in [0.3, 0.4) is 0 Å². The Morgan fingerprint density at radius 3 is 1.11 bits per heavy atom. The standard InChI is InChI=1S/C40H40N6O6S2/c1-5-23-17-29(18-24(6-2)37(23)45-43-33-21-27-13-9-11-15-31(27)39(35(33)41)53(47,48)49)30-19-25(7-3)38(26(8-4)20-30)46-44-34-22-28-14-10-12-16-32(28)40(36(34)42)54(50,51)52/h9-22H,5-8,41-42H2,1-4H3,(H,47,48,49)(H,50,51,52). The lowest BCUT2D eigenvalue weighted by Crippen LogP contribution is -2.04. The molecule has 0 aliphatic carbocycles. The van der Waals surface area contributed by atoms with Crippen LogP contribution in [-0.4, -0.2) is 25.9 Å². The molecular formula is C40H40N6O6S2. The maximum atomic E-state index is 12.3. The summed E-state index contributed by atoms with van der Waals surface area (Å²) in [5.74, 6) is 0. The number of aryl methyl sites for hydroxylation is 4. The van der Waals surface area contributed by atoms with Crippen molar-refractivity contribution in [2.75, 3.05) is 11.5 Å². The lowest BCUT2D eigenvalue weighted by molar-refractivity contribution is 0.482. The van der Waals surface area contributed by atoms with Crippen molar-refractivity contribution in [3.8, 4) is 11.1 Å². The summed E-state index contributed by atoms with van der Waals surface area (Å²) >= 11 is 0. The molecule has 0 radical (unpaired) electrons. The number of anilines is 2. The van der Waals surface area contributed by atoms with E-state index in [0.29, 0.717) is 58.6 Å². The molecule has 6 rings (SSSR count).